The van der Waals surface area contributed by atoms with Gasteiger partial charge in [-0.25, -0.2) is 4.79 Å². The van der Waals surface area contributed by atoms with Crippen LogP contribution in [0.1, 0.15) is 31.0 Å². The molecule has 0 saturated carbocycles. The van der Waals surface area contributed by atoms with Crippen molar-refractivity contribution in [1.29, 1.82) is 0 Å². The van der Waals surface area contributed by atoms with Crippen molar-refractivity contribution in [2.24, 2.45) is 5.92 Å². The molecule has 3 rings (SSSR count). The number of nitrogens with zero attached hydrogens (tertiary/aromatic N) is 2. The van der Waals surface area contributed by atoms with Gasteiger partial charge >= 0.3 is 6.03 Å². The fourth-order valence-corrected chi connectivity index (χ4v) is 3.55. The Labute approximate surface area is 171 Å². The summed E-state index contributed by atoms with van der Waals surface area (Å²) in [5.74, 6) is -0.0944. The van der Waals surface area contributed by atoms with E-state index >= 15 is 0 Å². The fourth-order valence-electron chi connectivity index (χ4n) is 3.55. The van der Waals surface area contributed by atoms with Crippen LogP contribution in [0.4, 0.5) is 4.79 Å². The van der Waals surface area contributed by atoms with Gasteiger partial charge in [0.05, 0.1) is 23.9 Å². The van der Waals surface area contributed by atoms with Crippen LogP contribution in [0, 0.1) is 12.8 Å². The van der Waals surface area contributed by atoms with E-state index in [-0.39, 0.29) is 30.9 Å². The van der Waals surface area contributed by atoms with Crippen molar-refractivity contribution in [2.75, 3.05) is 26.2 Å². The number of carbonyl (C=O) groups is 3. The van der Waals surface area contributed by atoms with Crippen molar-refractivity contribution < 1.29 is 14.4 Å². The first-order valence-electron chi connectivity index (χ1n) is 9.86. The second kappa shape index (κ2) is 8.51. The van der Waals surface area contributed by atoms with Gasteiger partial charge in [0.15, 0.2) is 0 Å². The number of hydrogen-bond acceptors (Lipinski definition) is 3. The molecule has 154 valence electrons. The van der Waals surface area contributed by atoms with Gasteiger partial charge in [-0.15, -0.1) is 6.58 Å². The van der Waals surface area contributed by atoms with Crippen LogP contribution < -0.4 is 10.6 Å². The molecule has 0 aliphatic carbocycles. The highest BCUT2D eigenvalue weighted by Crippen LogP contribution is 2.36. The zero-order valence-corrected chi connectivity index (χ0v) is 17.2. The number of carbonyl (C=O) groups excluding carboxylic acids is 3. The molecule has 7 heteroatoms. The smallest absolute Gasteiger partial charge is 0.322 e. The minimum atomic E-state index is -0.532. The van der Waals surface area contributed by atoms with Crippen molar-refractivity contribution in [3.63, 3.8) is 0 Å². The molecule has 0 spiro atoms. The summed E-state index contributed by atoms with van der Waals surface area (Å²) in [5.41, 5.74) is 3.10. The average molecular weight is 396 g/mol. The number of urea groups is 1. The largest absolute Gasteiger partial charge is 0.354 e. The van der Waals surface area contributed by atoms with Gasteiger partial charge < -0.3 is 15.5 Å². The van der Waals surface area contributed by atoms with Gasteiger partial charge in [-0.1, -0.05) is 49.8 Å². The van der Waals surface area contributed by atoms with Crippen molar-refractivity contribution >= 4 is 17.8 Å². The molecule has 1 aromatic rings. The van der Waals surface area contributed by atoms with Gasteiger partial charge in [0, 0.05) is 13.1 Å². The van der Waals surface area contributed by atoms with Crippen LogP contribution in [0.25, 0.3) is 0 Å². The number of amides is 4. The second-order valence-electron chi connectivity index (χ2n) is 7.91. The van der Waals surface area contributed by atoms with Gasteiger partial charge in [-0.05, 0) is 18.4 Å². The van der Waals surface area contributed by atoms with E-state index in [1.807, 2.05) is 45.0 Å². The molecule has 0 saturated heterocycles. The molecule has 2 N–H and O–H groups in total. The first kappa shape index (κ1) is 20.6. The topological polar surface area (TPSA) is 81.8 Å². The number of rotatable bonds is 7. The molecule has 2 aliphatic rings. The van der Waals surface area contributed by atoms with Crippen molar-refractivity contribution in [3.05, 3.63) is 59.3 Å². The summed E-state index contributed by atoms with van der Waals surface area (Å²) < 4.78 is 0. The molecule has 7 nitrogen and oxygen atoms in total. The quantitative estimate of drug-likeness (QED) is 0.693. The zero-order chi connectivity index (χ0) is 21.1. The Balaban J connectivity index is 1.88. The molecule has 2 heterocycles. The molecule has 0 radical (unpaired) electrons. The zero-order valence-electron chi connectivity index (χ0n) is 17.2. The van der Waals surface area contributed by atoms with Gasteiger partial charge in [0.25, 0.3) is 5.91 Å². The van der Waals surface area contributed by atoms with Crippen LogP contribution in [0.2, 0.25) is 0 Å². The Hall–Kier alpha value is -3.09. The standard InChI is InChI=1S/C22H28N4O3/c1-5-10-26-17-12-25(13-18(27)23-11-14(2)3)21(28)19(17)20(24-22(26)29)16-8-6-15(4)7-9-16/h5-9,14,20H,1,10-13H2,2-4H3,(H,23,27)(H,24,29). The first-order chi connectivity index (χ1) is 13.8. The molecule has 1 unspecified atom stereocenters. The van der Waals surface area contributed by atoms with Crippen LogP contribution in [0.15, 0.2) is 48.2 Å². The minimum Gasteiger partial charge on any atom is -0.354 e. The van der Waals surface area contributed by atoms with E-state index in [0.717, 1.165) is 11.1 Å². The molecule has 0 fully saturated rings. The predicted molar refractivity (Wildman–Crippen MR) is 111 cm³/mol. The van der Waals surface area contributed by atoms with Crippen LogP contribution in [0.5, 0.6) is 0 Å². The van der Waals surface area contributed by atoms with Crippen LogP contribution in [-0.4, -0.2) is 53.8 Å². The third-order valence-electron chi connectivity index (χ3n) is 5.06. The van der Waals surface area contributed by atoms with Crippen molar-refractivity contribution in [3.8, 4) is 0 Å². The molecule has 4 amide bonds. The van der Waals surface area contributed by atoms with Crippen molar-refractivity contribution in [1.82, 2.24) is 20.4 Å². The monoisotopic (exact) mass is 396 g/mol. The predicted octanol–water partition coefficient (Wildman–Crippen LogP) is 2.12. The molecular weight excluding hydrogens is 368 g/mol. The molecular formula is C22H28N4O3. The van der Waals surface area contributed by atoms with Gasteiger partial charge in [-0.3, -0.25) is 14.5 Å². The van der Waals surface area contributed by atoms with Gasteiger partial charge in [0.2, 0.25) is 5.91 Å². The number of nitrogens with one attached hydrogen (secondary N) is 2. The lowest BCUT2D eigenvalue weighted by atomic mass is 9.95. The Morgan fingerprint density at radius 2 is 2.00 bits per heavy atom. The first-order valence-corrected chi connectivity index (χ1v) is 9.86. The number of benzene rings is 1. The maximum absolute atomic E-state index is 13.2. The Bertz CT molecular complexity index is 857. The number of aryl methyl sites for hydroxylation is 1. The van der Waals surface area contributed by atoms with Crippen LogP contribution in [0.3, 0.4) is 0 Å². The van der Waals surface area contributed by atoms with Crippen LogP contribution >= 0.6 is 0 Å². The highest BCUT2D eigenvalue weighted by molar-refractivity contribution is 6.03. The highest BCUT2D eigenvalue weighted by Gasteiger charge is 2.44. The summed E-state index contributed by atoms with van der Waals surface area (Å²) in [4.78, 5) is 41.2. The Kier molecular flexibility index (Phi) is 6.06. The van der Waals surface area contributed by atoms with Gasteiger partial charge in [0.1, 0.15) is 6.54 Å². The minimum absolute atomic E-state index is 0.0324. The molecule has 29 heavy (non-hydrogen) atoms. The average Bonchev–Trinajstić information content (AvgIpc) is 2.99. The fraction of sp³-hybridized carbons (Fsp3) is 0.409. The summed E-state index contributed by atoms with van der Waals surface area (Å²) in [6.45, 7) is 10.8. The van der Waals surface area contributed by atoms with E-state index in [1.54, 1.807) is 6.08 Å². The maximum atomic E-state index is 13.2. The summed E-state index contributed by atoms with van der Waals surface area (Å²) in [6, 6.07) is 6.94. The number of hydrogen-bond donors (Lipinski definition) is 2. The summed E-state index contributed by atoms with van der Waals surface area (Å²) >= 11 is 0. The summed E-state index contributed by atoms with van der Waals surface area (Å²) in [6.07, 6.45) is 1.62. The second-order valence-corrected chi connectivity index (χ2v) is 7.91. The summed E-state index contributed by atoms with van der Waals surface area (Å²) in [5, 5.41) is 5.78. The van der Waals surface area contributed by atoms with Crippen LogP contribution in [-0.2, 0) is 9.59 Å². The van der Waals surface area contributed by atoms with Gasteiger partial charge in [-0.2, -0.15) is 0 Å². The third-order valence-corrected chi connectivity index (χ3v) is 5.06. The Morgan fingerprint density at radius 3 is 2.62 bits per heavy atom. The Morgan fingerprint density at radius 1 is 1.31 bits per heavy atom. The summed E-state index contributed by atoms with van der Waals surface area (Å²) in [7, 11) is 0. The third kappa shape index (κ3) is 4.34. The molecule has 1 aromatic carbocycles. The van der Waals surface area contributed by atoms with E-state index in [4.69, 9.17) is 0 Å². The van der Waals surface area contributed by atoms with E-state index < -0.39 is 6.04 Å². The normalized spacial score (nSPS) is 18.8. The SMILES string of the molecule is C=CCN1C(=O)NC(c2ccc(C)cc2)C2=C1CN(CC(=O)NCC(C)C)C2=O. The lowest BCUT2D eigenvalue weighted by Crippen LogP contribution is -2.47. The molecule has 0 aromatic heterocycles. The van der Waals surface area contributed by atoms with E-state index in [0.29, 0.717) is 30.3 Å². The molecule has 1 atom stereocenters. The molecule has 0 bridgehead atoms. The highest BCUT2D eigenvalue weighted by atomic mass is 16.2. The van der Waals surface area contributed by atoms with E-state index in [9.17, 15) is 14.4 Å². The maximum Gasteiger partial charge on any atom is 0.322 e. The lowest BCUT2D eigenvalue weighted by molar-refractivity contribution is -0.132. The van der Waals surface area contributed by atoms with Crippen molar-refractivity contribution in [2.45, 2.75) is 26.8 Å². The van der Waals surface area contributed by atoms with E-state index in [2.05, 4.69) is 17.2 Å². The van der Waals surface area contributed by atoms with E-state index in [1.165, 1.54) is 9.80 Å². The lowest BCUT2D eigenvalue weighted by Gasteiger charge is -2.33. The molecule has 2 aliphatic heterocycles.